The van der Waals surface area contributed by atoms with Crippen LogP contribution < -0.4 is 0 Å². The van der Waals surface area contributed by atoms with Gasteiger partial charge in [-0.2, -0.15) is 0 Å². The van der Waals surface area contributed by atoms with Gasteiger partial charge in [-0.25, -0.2) is 0 Å². The van der Waals surface area contributed by atoms with Crippen molar-refractivity contribution in [1.82, 2.24) is 9.80 Å². The number of amides is 1. The normalized spacial score (nSPS) is 24.8. The number of nitrogens with zero attached hydrogens (tertiary/aromatic N) is 3. The molecule has 1 aliphatic heterocycles. The fourth-order valence-electron chi connectivity index (χ4n) is 2.85. The molecular formula is C18H23N3O2. The van der Waals surface area contributed by atoms with Crippen molar-refractivity contribution in [3.05, 3.63) is 35.1 Å². The third-order valence-corrected chi connectivity index (χ3v) is 4.26. The van der Waals surface area contributed by atoms with Crippen LogP contribution in [-0.2, 0) is 4.79 Å². The molecule has 0 aromatic heterocycles. The molecule has 1 saturated heterocycles. The molecule has 1 fully saturated rings. The molecule has 0 saturated carbocycles. The number of likely N-dealkylation sites (N-methyl/N-ethyl adjacent to an activating group) is 1. The van der Waals surface area contributed by atoms with Crippen LogP contribution in [0.15, 0.2) is 40.1 Å². The highest BCUT2D eigenvalue weighted by atomic mass is 16.3. The number of rotatable bonds is 3. The van der Waals surface area contributed by atoms with Crippen LogP contribution in [0.5, 0.6) is 0 Å². The lowest BCUT2D eigenvalue weighted by atomic mass is 9.96. The van der Waals surface area contributed by atoms with Gasteiger partial charge in [0.15, 0.2) is 5.76 Å². The van der Waals surface area contributed by atoms with Gasteiger partial charge in [-0.3, -0.25) is 9.79 Å². The highest BCUT2D eigenvalue weighted by Crippen LogP contribution is 2.24. The minimum Gasteiger partial charge on any atom is -0.505 e. The van der Waals surface area contributed by atoms with Crippen molar-refractivity contribution < 1.29 is 9.90 Å². The Hall–Kier alpha value is -2.32. The van der Waals surface area contributed by atoms with Gasteiger partial charge in [0.05, 0.1) is 5.57 Å². The molecule has 1 amide bonds. The van der Waals surface area contributed by atoms with Crippen molar-refractivity contribution in [2.45, 2.75) is 18.9 Å². The maximum Gasteiger partial charge on any atom is 0.257 e. The molecule has 5 heteroatoms. The van der Waals surface area contributed by atoms with Crippen molar-refractivity contribution in [1.29, 1.82) is 0 Å². The highest BCUT2D eigenvalue weighted by Gasteiger charge is 2.31. The molecule has 0 bridgehead atoms. The predicted molar refractivity (Wildman–Crippen MR) is 92.4 cm³/mol. The first-order valence-electron chi connectivity index (χ1n) is 7.67. The zero-order valence-electron chi connectivity index (χ0n) is 13.9. The standard InChI is InChI=1S/C18H23N3O2/c1-5-6-7-13-8-9-15(17(22)16(13)19-2)18(23)21-11-10-14(12-21)20(3)4/h1,7-9,14,22H,6,10-12H2,2-4H3/b13-7-,19-16?. The molecular weight excluding hydrogens is 290 g/mol. The predicted octanol–water partition coefficient (Wildman–Crippen LogP) is 1.55. The van der Waals surface area contributed by atoms with E-state index in [1.54, 1.807) is 24.1 Å². The summed E-state index contributed by atoms with van der Waals surface area (Å²) in [5.74, 6) is 2.30. The lowest BCUT2D eigenvalue weighted by Gasteiger charge is -2.22. The second kappa shape index (κ2) is 7.30. The summed E-state index contributed by atoms with van der Waals surface area (Å²) in [6, 6.07) is 0.361. The largest absolute Gasteiger partial charge is 0.505 e. The average molecular weight is 313 g/mol. The second-order valence-electron chi connectivity index (χ2n) is 5.89. The molecule has 1 aliphatic carbocycles. The van der Waals surface area contributed by atoms with E-state index in [4.69, 9.17) is 6.42 Å². The Balaban J connectivity index is 2.22. The number of carbonyl (C=O) groups is 1. The number of carbonyl (C=O) groups excluding carboxylic acids is 1. The van der Waals surface area contributed by atoms with E-state index in [1.165, 1.54) is 0 Å². The van der Waals surface area contributed by atoms with Crippen LogP contribution in [0.4, 0.5) is 0 Å². The van der Waals surface area contributed by atoms with E-state index in [0.29, 0.717) is 36.8 Å². The smallest absolute Gasteiger partial charge is 0.257 e. The summed E-state index contributed by atoms with van der Waals surface area (Å²) in [6.07, 6.45) is 11.9. The highest BCUT2D eigenvalue weighted by molar-refractivity contribution is 6.18. The van der Waals surface area contributed by atoms with Gasteiger partial charge in [0, 0.05) is 38.2 Å². The van der Waals surface area contributed by atoms with Crippen LogP contribution in [0.3, 0.4) is 0 Å². The van der Waals surface area contributed by atoms with E-state index in [0.717, 1.165) is 12.0 Å². The minimum atomic E-state index is -0.153. The van der Waals surface area contributed by atoms with Crippen LogP contribution in [-0.4, -0.2) is 66.8 Å². The Bertz CT molecular complexity index is 648. The Labute approximate surface area is 137 Å². The Morgan fingerprint density at radius 1 is 1.57 bits per heavy atom. The van der Waals surface area contributed by atoms with Crippen molar-refractivity contribution >= 4 is 11.6 Å². The summed E-state index contributed by atoms with van der Waals surface area (Å²) in [4.78, 5) is 20.7. The van der Waals surface area contributed by atoms with Crippen LogP contribution in [0, 0.1) is 12.3 Å². The van der Waals surface area contributed by atoms with Gasteiger partial charge >= 0.3 is 0 Å². The summed E-state index contributed by atoms with van der Waals surface area (Å²) in [7, 11) is 5.62. The SMILES string of the molecule is C#CC/C=C1/C=CC(C(=O)N2CCC(N(C)C)C2)=C(O)C1=NC. The van der Waals surface area contributed by atoms with Gasteiger partial charge in [-0.05, 0) is 26.6 Å². The average Bonchev–Trinajstić information content (AvgIpc) is 3.02. The van der Waals surface area contributed by atoms with E-state index in [1.807, 2.05) is 20.2 Å². The molecule has 0 aromatic carbocycles. The maximum absolute atomic E-state index is 12.7. The van der Waals surface area contributed by atoms with E-state index >= 15 is 0 Å². The molecule has 1 unspecified atom stereocenters. The summed E-state index contributed by atoms with van der Waals surface area (Å²) in [5.41, 5.74) is 1.45. The second-order valence-corrected chi connectivity index (χ2v) is 5.89. The van der Waals surface area contributed by atoms with Gasteiger partial charge < -0.3 is 14.9 Å². The van der Waals surface area contributed by atoms with Crippen LogP contribution in [0.2, 0.25) is 0 Å². The fourth-order valence-corrected chi connectivity index (χ4v) is 2.85. The van der Waals surface area contributed by atoms with Crippen molar-refractivity contribution in [2.24, 2.45) is 4.99 Å². The van der Waals surface area contributed by atoms with E-state index in [9.17, 15) is 9.90 Å². The molecule has 0 aromatic rings. The Morgan fingerprint density at radius 2 is 2.30 bits per heavy atom. The summed E-state index contributed by atoms with van der Waals surface area (Å²) in [5, 5.41) is 10.5. The van der Waals surface area contributed by atoms with Gasteiger partial charge in [0.1, 0.15) is 5.71 Å². The van der Waals surface area contributed by atoms with Gasteiger partial charge in [-0.1, -0.05) is 12.2 Å². The maximum atomic E-state index is 12.7. The molecule has 1 N–H and O–H groups in total. The number of aliphatic hydroxyl groups excluding tert-OH is 1. The number of aliphatic imine (C=N–C) groups is 1. The minimum absolute atomic E-state index is 0.0726. The van der Waals surface area contributed by atoms with Crippen LogP contribution >= 0.6 is 0 Å². The number of aliphatic hydroxyl groups is 1. The summed E-state index contributed by atoms with van der Waals surface area (Å²) >= 11 is 0. The third kappa shape index (κ3) is 3.54. The van der Waals surface area contributed by atoms with Gasteiger partial charge in [-0.15, -0.1) is 12.3 Å². The lowest BCUT2D eigenvalue weighted by molar-refractivity contribution is -0.126. The number of hydrogen-bond acceptors (Lipinski definition) is 4. The molecule has 0 spiro atoms. The fraction of sp³-hybridized carbons (Fsp3) is 0.444. The molecule has 122 valence electrons. The van der Waals surface area contributed by atoms with E-state index in [2.05, 4.69) is 15.8 Å². The first-order valence-corrected chi connectivity index (χ1v) is 7.67. The molecule has 23 heavy (non-hydrogen) atoms. The molecule has 0 radical (unpaired) electrons. The number of allylic oxidation sites excluding steroid dienone is 3. The van der Waals surface area contributed by atoms with E-state index in [-0.39, 0.29) is 11.7 Å². The van der Waals surface area contributed by atoms with Crippen LogP contribution in [0.25, 0.3) is 0 Å². The first-order chi connectivity index (χ1) is 11.0. The number of hydrogen-bond donors (Lipinski definition) is 1. The molecule has 1 heterocycles. The quantitative estimate of drug-likeness (QED) is 0.804. The van der Waals surface area contributed by atoms with Crippen LogP contribution in [0.1, 0.15) is 12.8 Å². The lowest BCUT2D eigenvalue weighted by Crippen LogP contribution is -2.36. The topological polar surface area (TPSA) is 56.1 Å². The molecule has 2 aliphatic rings. The zero-order valence-corrected chi connectivity index (χ0v) is 13.9. The Morgan fingerprint density at radius 3 is 2.87 bits per heavy atom. The first kappa shape index (κ1) is 17.0. The molecule has 2 rings (SSSR count). The van der Waals surface area contributed by atoms with Gasteiger partial charge in [0.25, 0.3) is 5.91 Å². The Kier molecular flexibility index (Phi) is 5.41. The van der Waals surface area contributed by atoms with Gasteiger partial charge in [0.2, 0.25) is 0 Å². The number of terminal acetylenes is 1. The third-order valence-electron chi connectivity index (χ3n) is 4.26. The summed E-state index contributed by atoms with van der Waals surface area (Å²) < 4.78 is 0. The van der Waals surface area contributed by atoms with E-state index < -0.39 is 0 Å². The summed E-state index contributed by atoms with van der Waals surface area (Å²) in [6.45, 7) is 1.37. The van der Waals surface area contributed by atoms with Crippen molar-refractivity contribution in [3.8, 4) is 12.3 Å². The molecule has 1 atom stereocenters. The molecule has 5 nitrogen and oxygen atoms in total. The number of likely N-dealkylation sites (tertiary alicyclic amines) is 1. The van der Waals surface area contributed by atoms with Crippen molar-refractivity contribution in [2.75, 3.05) is 34.2 Å². The van der Waals surface area contributed by atoms with Crippen molar-refractivity contribution in [3.63, 3.8) is 0 Å². The monoisotopic (exact) mass is 313 g/mol. The zero-order chi connectivity index (χ0) is 17.0.